The summed E-state index contributed by atoms with van der Waals surface area (Å²) in [4.78, 5) is 2.33. The number of anilines is 1. The Hall–Kier alpha value is -1.74. The molecule has 2 rings (SSSR count). The molecule has 3 heteroatoms. The van der Waals surface area contributed by atoms with Crippen molar-refractivity contribution in [2.75, 3.05) is 18.5 Å². The number of nitrogens with zero attached hydrogens (tertiary/aromatic N) is 1. The van der Waals surface area contributed by atoms with Crippen molar-refractivity contribution in [1.29, 1.82) is 0 Å². The van der Waals surface area contributed by atoms with Crippen LogP contribution in [-0.2, 0) is 13.1 Å². The lowest BCUT2D eigenvalue weighted by Crippen LogP contribution is -2.21. The lowest BCUT2D eigenvalue weighted by atomic mass is 10.2. The van der Waals surface area contributed by atoms with Gasteiger partial charge in [0.25, 0.3) is 0 Å². The molecule has 0 saturated heterocycles. The van der Waals surface area contributed by atoms with E-state index >= 15 is 0 Å². The summed E-state index contributed by atoms with van der Waals surface area (Å²) < 4.78 is 5.93. The minimum Gasteiger partial charge on any atom is -0.463 e. The van der Waals surface area contributed by atoms with Crippen LogP contribution in [0.15, 0.2) is 34.7 Å². The zero-order valence-corrected chi connectivity index (χ0v) is 12.9. The van der Waals surface area contributed by atoms with Crippen LogP contribution in [0.2, 0.25) is 0 Å². The van der Waals surface area contributed by atoms with E-state index in [1.807, 2.05) is 7.05 Å². The summed E-state index contributed by atoms with van der Waals surface area (Å²) in [6, 6.07) is 10.7. The Morgan fingerprint density at radius 1 is 1.20 bits per heavy atom. The largest absolute Gasteiger partial charge is 0.463 e. The molecule has 0 saturated carbocycles. The first kappa shape index (κ1) is 14.7. The van der Waals surface area contributed by atoms with Crippen LogP contribution in [-0.4, -0.2) is 13.6 Å². The molecule has 2 aromatic rings. The van der Waals surface area contributed by atoms with Crippen molar-refractivity contribution in [2.24, 2.45) is 0 Å². The average Bonchev–Trinajstić information content (AvgIpc) is 2.77. The summed E-state index contributed by atoms with van der Waals surface area (Å²) in [6.45, 7) is 8.95. The molecule has 1 aromatic carbocycles. The Morgan fingerprint density at radius 3 is 2.65 bits per heavy atom. The topological polar surface area (TPSA) is 28.4 Å². The lowest BCUT2D eigenvalue weighted by Gasteiger charge is -2.22. The highest BCUT2D eigenvalue weighted by molar-refractivity contribution is 5.48. The summed E-state index contributed by atoms with van der Waals surface area (Å²) in [6.07, 6.45) is 0. The highest BCUT2D eigenvalue weighted by atomic mass is 16.3. The van der Waals surface area contributed by atoms with E-state index in [0.717, 1.165) is 31.2 Å². The fourth-order valence-corrected chi connectivity index (χ4v) is 2.40. The second kappa shape index (κ2) is 6.62. The summed E-state index contributed by atoms with van der Waals surface area (Å²) in [7, 11) is 1.94. The van der Waals surface area contributed by atoms with Gasteiger partial charge in [0.15, 0.2) is 0 Å². The van der Waals surface area contributed by atoms with Crippen molar-refractivity contribution in [1.82, 2.24) is 5.32 Å². The molecule has 0 fully saturated rings. The Balaban J connectivity index is 2.16. The van der Waals surface area contributed by atoms with E-state index in [2.05, 4.69) is 61.3 Å². The number of benzene rings is 1. The number of hydrogen-bond acceptors (Lipinski definition) is 3. The third-order valence-corrected chi connectivity index (χ3v) is 3.50. The Bertz CT molecular complexity index is 560. The average molecular weight is 272 g/mol. The summed E-state index contributed by atoms with van der Waals surface area (Å²) in [5, 5.41) is 3.14. The van der Waals surface area contributed by atoms with Gasteiger partial charge in [0.05, 0.1) is 13.1 Å². The van der Waals surface area contributed by atoms with Crippen molar-refractivity contribution < 1.29 is 4.42 Å². The Kier molecular flexibility index (Phi) is 4.85. The van der Waals surface area contributed by atoms with Gasteiger partial charge in [0.1, 0.15) is 11.5 Å². The van der Waals surface area contributed by atoms with E-state index in [9.17, 15) is 0 Å². The van der Waals surface area contributed by atoms with E-state index in [1.165, 1.54) is 16.8 Å². The number of aryl methyl sites for hydroxylation is 2. The highest BCUT2D eigenvalue weighted by Crippen LogP contribution is 2.21. The maximum atomic E-state index is 5.93. The van der Waals surface area contributed by atoms with Gasteiger partial charge in [0, 0.05) is 12.2 Å². The summed E-state index contributed by atoms with van der Waals surface area (Å²) in [5.74, 6) is 2.05. The van der Waals surface area contributed by atoms with Crippen LogP contribution < -0.4 is 10.2 Å². The van der Waals surface area contributed by atoms with Gasteiger partial charge < -0.3 is 14.6 Å². The Labute approximate surface area is 121 Å². The van der Waals surface area contributed by atoms with Crippen LogP contribution in [0.5, 0.6) is 0 Å². The summed E-state index contributed by atoms with van der Waals surface area (Å²) >= 11 is 0. The normalized spacial score (nSPS) is 10.8. The molecule has 1 heterocycles. The van der Waals surface area contributed by atoms with Crippen LogP contribution in [0.25, 0.3) is 0 Å². The van der Waals surface area contributed by atoms with Gasteiger partial charge in [0.2, 0.25) is 0 Å². The molecule has 0 unspecified atom stereocenters. The fraction of sp³-hybridized carbons (Fsp3) is 0.412. The fourth-order valence-electron chi connectivity index (χ4n) is 2.40. The molecule has 0 aliphatic heterocycles. The van der Waals surface area contributed by atoms with E-state index in [4.69, 9.17) is 4.42 Å². The van der Waals surface area contributed by atoms with Crippen LogP contribution in [0.4, 0.5) is 5.69 Å². The first-order valence-electron chi connectivity index (χ1n) is 7.18. The van der Waals surface area contributed by atoms with Crippen molar-refractivity contribution in [3.05, 3.63) is 53.0 Å². The van der Waals surface area contributed by atoms with Crippen LogP contribution in [0.1, 0.15) is 29.6 Å². The predicted molar refractivity (Wildman–Crippen MR) is 84.1 cm³/mol. The maximum Gasteiger partial charge on any atom is 0.123 e. The molecule has 0 spiro atoms. The molecule has 20 heavy (non-hydrogen) atoms. The second-order valence-corrected chi connectivity index (χ2v) is 5.20. The van der Waals surface area contributed by atoms with Gasteiger partial charge >= 0.3 is 0 Å². The quantitative estimate of drug-likeness (QED) is 0.870. The first-order chi connectivity index (χ1) is 9.63. The number of nitrogens with one attached hydrogen (secondary N) is 1. The van der Waals surface area contributed by atoms with Crippen molar-refractivity contribution >= 4 is 5.69 Å². The molecule has 0 amide bonds. The number of rotatable bonds is 6. The van der Waals surface area contributed by atoms with Crippen LogP contribution in [0.3, 0.4) is 0 Å². The third kappa shape index (κ3) is 3.42. The van der Waals surface area contributed by atoms with E-state index in [-0.39, 0.29) is 0 Å². The zero-order chi connectivity index (χ0) is 14.5. The smallest absolute Gasteiger partial charge is 0.123 e. The molecule has 0 bridgehead atoms. The van der Waals surface area contributed by atoms with Crippen molar-refractivity contribution in [3.63, 3.8) is 0 Å². The SMILES string of the molecule is CCN(Cc1cc(C)c(CNC)o1)c1cccc(C)c1. The molecule has 0 aliphatic carbocycles. The van der Waals surface area contributed by atoms with Crippen LogP contribution >= 0.6 is 0 Å². The standard InChI is InChI=1S/C17H24N2O/c1-5-19(15-8-6-7-13(2)9-15)12-16-10-14(3)17(20-16)11-18-4/h6-10,18H,5,11-12H2,1-4H3. The summed E-state index contributed by atoms with van der Waals surface area (Å²) in [5.41, 5.74) is 3.75. The minimum atomic E-state index is 0.780. The monoisotopic (exact) mass is 272 g/mol. The molecule has 0 aliphatic rings. The lowest BCUT2D eigenvalue weighted by molar-refractivity contribution is 0.449. The molecular weight excluding hydrogens is 248 g/mol. The highest BCUT2D eigenvalue weighted by Gasteiger charge is 2.11. The first-order valence-corrected chi connectivity index (χ1v) is 7.18. The molecule has 1 N–H and O–H groups in total. The van der Waals surface area contributed by atoms with Gasteiger partial charge in [-0.2, -0.15) is 0 Å². The number of hydrogen-bond donors (Lipinski definition) is 1. The van der Waals surface area contributed by atoms with Gasteiger partial charge in [-0.1, -0.05) is 12.1 Å². The molecule has 1 aromatic heterocycles. The Morgan fingerprint density at radius 2 is 2.00 bits per heavy atom. The molecule has 0 radical (unpaired) electrons. The van der Waals surface area contributed by atoms with E-state index in [0.29, 0.717) is 0 Å². The van der Waals surface area contributed by atoms with Gasteiger partial charge in [-0.3, -0.25) is 0 Å². The van der Waals surface area contributed by atoms with Gasteiger partial charge in [-0.05, 0) is 57.1 Å². The zero-order valence-electron chi connectivity index (χ0n) is 12.9. The van der Waals surface area contributed by atoms with Gasteiger partial charge in [-0.25, -0.2) is 0 Å². The van der Waals surface area contributed by atoms with Crippen molar-refractivity contribution in [2.45, 2.75) is 33.9 Å². The van der Waals surface area contributed by atoms with Crippen molar-refractivity contribution in [3.8, 4) is 0 Å². The minimum absolute atomic E-state index is 0.780. The second-order valence-electron chi connectivity index (χ2n) is 5.20. The predicted octanol–water partition coefficient (Wildman–Crippen LogP) is 3.64. The van der Waals surface area contributed by atoms with E-state index < -0.39 is 0 Å². The molecule has 0 atom stereocenters. The maximum absolute atomic E-state index is 5.93. The molecular formula is C17H24N2O. The van der Waals surface area contributed by atoms with Crippen LogP contribution in [0, 0.1) is 13.8 Å². The number of furan rings is 1. The van der Waals surface area contributed by atoms with E-state index in [1.54, 1.807) is 0 Å². The molecule has 3 nitrogen and oxygen atoms in total. The van der Waals surface area contributed by atoms with Gasteiger partial charge in [-0.15, -0.1) is 0 Å². The third-order valence-electron chi connectivity index (χ3n) is 3.50. The molecule has 108 valence electrons.